The van der Waals surface area contributed by atoms with Gasteiger partial charge >= 0.3 is 0 Å². The molecule has 2 N–H and O–H groups in total. The number of anilines is 1. The van der Waals surface area contributed by atoms with E-state index in [1.165, 1.54) is 6.42 Å². The minimum absolute atomic E-state index is 0.0253. The van der Waals surface area contributed by atoms with E-state index in [1.54, 1.807) is 24.3 Å². The van der Waals surface area contributed by atoms with Crippen molar-refractivity contribution < 1.29 is 23.9 Å². The van der Waals surface area contributed by atoms with Crippen molar-refractivity contribution in [3.63, 3.8) is 0 Å². The first-order valence-electron chi connectivity index (χ1n) is 16.1. The quantitative estimate of drug-likeness (QED) is 0.414. The van der Waals surface area contributed by atoms with Crippen LogP contribution in [0.5, 0.6) is 11.5 Å². The Morgan fingerprint density at radius 2 is 1.58 bits per heavy atom. The van der Waals surface area contributed by atoms with Gasteiger partial charge in [-0.2, -0.15) is 0 Å². The number of hydrogen-bond acceptors (Lipinski definition) is 5. The number of benzene rings is 2. The van der Waals surface area contributed by atoms with Crippen LogP contribution in [0.15, 0.2) is 66.7 Å². The van der Waals surface area contributed by atoms with Crippen LogP contribution in [0, 0.1) is 17.8 Å². The Balaban J connectivity index is 1.12. The zero-order valence-electron chi connectivity index (χ0n) is 24.7. The van der Waals surface area contributed by atoms with E-state index in [0.29, 0.717) is 17.4 Å². The van der Waals surface area contributed by atoms with Gasteiger partial charge in [0.05, 0.1) is 17.9 Å². The van der Waals surface area contributed by atoms with Crippen LogP contribution in [0.2, 0.25) is 0 Å². The minimum atomic E-state index is -1.13. The third kappa shape index (κ3) is 5.13. The maximum absolute atomic E-state index is 14.4. The van der Waals surface area contributed by atoms with Crippen molar-refractivity contribution in [2.45, 2.75) is 94.5 Å². The molecule has 4 fully saturated rings. The molecule has 2 saturated heterocycles. The highest BCUT2D eigenvalue weighted by Gasteiger charge is 2.73. The average molecular weight is 584 g/mol. The first-order chi connectivity index (χ1) is 20.9. The van der Waals surface area contributed by atoms with Crippen molar-refractivity contribution in [2.75, 3.05) is 5.32 Å². The van der Waals surface area contributed by atoms with Crippen LogP contribution < -0.4 is 15.4 Å². The van der Waals surface area contributed by atoms with Crippen LogP contribution in [-0.4, -0.2) is 52.5 Å². The number of carbonyl (C=O) groups excluding carboxylic acids is 3. The van der Waals surface area contributed by atoms with Gasteiger partial charge in [-0.25, -0.2) is 0 Å². The number of carbonyl (C=O) groups is 3. The molecule has 3 aliphatic heterocycles. The molecule has 3 amide bonds. The lowest BCUT2D eigenvalue weighted by molar-refractivity contribution is -0.145. The molecule has 2 aromatic carbocycles. The number of fused-ring (bicyclic) bond motifs is 1. The Labute approximate surface area is 253 Å². The van der Waals surface area contributed by atoms with E-state index in [-0.39, 0.29) is 29.8 Å². The highest BCUT2D eigenvalue weighted by atomic mass is 16.5. The fourth-order valence-electron chi connectivity index (χ4n) is 8.10. The lowest BCUT2D eigenvalue weighted by atomic mass is 9.74. The van der Waals surface area contributed by atoms with Crippen molar-refractivity contribution in [1.82, 2.24) is 10.2 Å². The van der Waals surface area contributed by atoms with E-state index >= 15 is 0 Å². The molecule has 8 nitrogen and oxygen atoms in total. The molecule has 0 aromatic heterocycles. The number of para-hydroxylation sites is 1. The van der Waals surface area contributed by atoms with Crippen molar-refractivity contribution in [1.29, 1.82) is 0 Å². The zero-order valence-corrected chi connectivity index (χ0v) is 24.7. The number of hydrogen-bond donors (Lipinski definition) is 2. The Hall–Kier alpha value is -3.65. The number of nitrogens with zero attached hydrogens (tertiary/aromatic N) is 1. The van der Waals surface area contributed by atoms with Crippen LogP contribution in [-0.2, 0) is 19.1 Å². The third-order valence-electron chi connectivity index (χ3n) is 10.3. The summed E-state index contributed by atoms with van der Waals surface area (Å²) in [6, 6.07) is 16.0. The van der Waals surface area contributed by atoms with Gasteiger partial charge in [0, 0.05) is 17.8 Å². The molecule has 2 aromatic rings. The van der Waals surface area contributed by atoms with Crippen molar-refractivity contribution >= 4 is 23.4 Å². The van der Waals surface area contributed by atoms with Crippen LogP contribution in [0.1, 0.15) is 64.7 Å². The third-order valence-corrected chi connectivity index (χ3v) is 10.3. The van der Waals surface area contributed by atoms with E-state index in [9.17, 15) is 14.4 Å². The normalized spacial score (nSPS) is 33.3. The van der Waals surface area contributed by atoms with Gasteiger partial charge in [0.25, 0.3) is 0 Å². The lowest BCUT2D eigenvalue weighted by Gasteiger charge is -2.40. The summed E-state index contributed by atoms with van der Waals surface area (Å²) >= 11 is 0. The van der Waals surface area contributed by atoms with Crippen LogP contribution >= 0.6 is 0 Å². The number of amides is 3. The molecule has 0 radical (unpaired) electrons. The highest BCUT2D eigenvalue weighted by Crippen LogP contribution is 2.56. The lowest BCUT2D eigenvalue weighted by Crippen LogP contribution is -2.58. The molecule has 5 atom stereocenters. The molecule has 226 valence electrons. The van der Waals surface area contributed by atoms with Crippen molar-refractivity contribution in [3.05, 3.63) is 66.7 Å². The number of nitrogens with one attached hydrogen (secondary N) is 2. The second kappa shape index (κ2) is 11.5. The molecule has 3 heterocycles. The minimum Gasteiger partial charge on any atom is -0.457 e. The van der Waals surface area contributed by atoms with Gasteiger partial charge in [0.1, 0.15) is 23.1 Å². The van der Waals surface area contributed by atoms with Crippen molar-refractivity contribution in [3.8, 4) is 11.5 Å². The van der Waals surface area contributed by atoms with Gasteiger partial charge in [-0.1, -0.05) is 56.5 Å². The Morgan fingerprint density at radius 1 is 0.884 bits per heavy atom. The summed E-state index contributed by atoms with van der Waals surface area (Å²) in [4.78, 5) is 44.2. The SMILES string of the molecule is CC1CCC(N2C(=O)[C@H]3[C@@H](C(=O)Nc4ccc(Oc5ccccc5)cc4)[C@H]4C=C[C@@]3(O4)[C@@H]2C(=O)NC2CCCCC2)CC1. The van der Waals surface area contributed by atoms with Gasteiger partial charge in [0.2, 0.25) is 17.7 Å². The van der Waals surface area contributed by atoms with Crippen LogP contribution in [0.25, 0.3) is 0 Å². The summed E-state index contributed by atoms with van der Waals surface area (Å²) in [7, 11) is 0. The van der Waals surface area contributed by atoms with E-state index in [2.05, 4.69) is 17.6 Å². The Kier molecular flexibility index (Phi) is 7.49. The number of ether oxygens (including phenoxy) is 2. The van der Waals surface area contributed by atoms with Crippen LogP contribution in [0.3, 0.4) is 0 Å². The second-order valence-corrected chi connectivity index (χ2v) is 13.1. The fourth-order valence-corrected chi connectivity index (χ4v) is 8.10. The average Bonchev–Trinajstić information content (AvgIpc) is 3.67. The standard InChI is InChI=1S/C35H41N3O5/c1-22-12-16-25(17-13-22)38-31(33(40)37-23-8-4-2-5-9-23)35-21-20-28(43-35)29(30(35)34(38)41)32(39)36-24-14-18-27(19-15-24)42-26-10-6-3-7-11-26/h3,6-7,10-11,14-15,18-23,25,28-31H,2,4-5,8-9,12-13,16-17H2,1H3,(H,36,39)(H,37,40)/t22?,25?,28-,29+,30-,31+,35+/m1/s1. The molecule has 2 bridgehead atoms. The first kappa shape index (κ1) is 28.1. The van der Waals surface area contributed by atoms with Gasteiger partial charge in [-0.3, -0.25) is 14.4 Å². The monoisotopic (exact) mass is 583 g/mol. The second-order valence-electron chi connectivity index (χ2n) is 13.1. The predicted octanol–water partition coefficient (Wildman–Crippen LogP) is 5.60. The molecule has 2 aliphatic carbocycles. The van der Waals surface area contributed by atoms with Gasteiger partial charge < -0.3 is 25.0 Å². The van der Waals surface area contributed by atoms with Crippen LogP contribution in [0.4, 0.5) is 5.69 Å². The molecule has 0 unspecified atom stereocenters. The summed E-state index contributed by atoms with van der Waals surface area (Å²) < 4.78 is 12.4. The largest absolute Gasteiger partial charge is 0.457 e. The topological polar surface area (TPSA) is 97.0 Å². The van der Waals surface area contributed by atoms with Crippen molar-refractivity contribution in [2.24, 2.45) is 17.8 Å². The number of rotatable bonds is 7. The maximum Gasteiger partial charge on any atom is 0.246 e. The van der Waals surface area contributed by atoms with E-state index in [0.717, 1.165) is 57.1 Å². The Bertz CT molecular complexity index is 1380. The molecule has 5 aliphatic rings. The predicted molar refractivity (Wildman–Crippen MR) is 162 cm³/mol. The zero-order chi connectivity index (χ0) is 29.6. The molecule has 43 heavy (non-hydrogen) atoms. The summed E-state index contributed by atoms with van der Waals surface area (Å²) in [5, 5.41) is 6.32. The van der Waals surface area contributed by atoms with Gasteiger partial charge in [0.15, 0.2) is 0 Å². The smallest absolute Gasteiger partial charge is 0.246 e. The molecule has 8 heteroatoms. The van der Waals surface area contributed by atoms with E-state index in [1.807, 2.05) is 47.4 Å². The summed E-state index contributed by atoms with van der Waals surface area (Å²) in [5.41, 5.74) is -0.514. The number of likely N-dealkylation sites (tertiary alicyclic amines) is 1. The summed E-state index contributed by atoms with van der Waals surface area (Å²) in [6.45, 7) is 2.25. The van der Waals surface area contributed by atoms with E-state index < -0.39 is 29.6 Å². The molecule has 7 rings (SSSR count). The fraction of sp³-hybridized carbons (Fsp3) is 0.514. The van der Waals surface area contributed by atoms with Gasteiger partial charge in [-0.15, -0.1) is 0 Å². The molecule has 1 spiro atoms. The maximum atomic E-state index is 14.4. The van der Waals surface area contributed by atoms with E-state index in [4.69, 9.17) is 9.47 Å². The van der Waals surface area contributed by atoms with Gasteiger partial charge in [-0.05, 0) is 80.8 Å². The first-order valence-corrected chi connectivity index (χ1v) is 16.1. The molecule has 2 saturated carbocycles. The Morgan fingerprint density at radius 3 is 2.30 bits per heavy atom. The highest BCUT2D eigenvalue weighted by molar-refractivity contribution is 6.03. The molecular formula is C35H41N3O5. The summed E-state index contributed by atoms with van der Waals surface area (Å²) in [5.74, 6) is 0.0236. The summed E-state index contributed by atoms with van der Waals surface area (Å²) in [6.07, 6.45) is 12.4. The molecular weight excluding hydrogens is 542 g/mol.